The molecule has 1 saturated heterocycles. The Kier molecular flexibility index (Phi) is 6.40. The summed E-state index contributed by atoms with van der Waals surface area (Å²) >= 11 is 11.8. The molecule has 6 heteroatoms. The van der Waals surface area contributed by atoms with Crippen molar-refractivity contribution in [3.63, 3.8) is 0 Å². The van der Waals surface area contributed by atoms with E-state index in [0.29, 0.717) is 41.5 Å². The van der Waals surface area contributed by atoms with Crippen LogP contribution in [-0.4, -0.2) is 29.8 Å². The monoisotopic (exact) mass is 404 g/mol. The molecule has 1 unspecified atom stereocenters. The number of rotatable bonds is 4. The van der Waals surface area contributed by atoms with E-state index in [2.05, 4.69) is 5.32 Å². The average molecular weight is 405 g/mol. The highest BCUT2D eigenvalue weighted by Gasteiger charge is 2.28. The predicted octanol–water partition coefficient (Wildman–Crippen LogP) is 4.72. The second-order valence-corrected chi connectivity index (χ2v) is 7.73. The van der Waals surface area contributed by atoms with Crippen LogP contribution in [-0.2, 0) is 4.79 Å². The number of likely N-dealkylation sites (tertiary alicyclic amines) is 1. The van der Waals surface area contributed by atoms with Crippen LogP contribution >= 0.6 is 23.2 Å². The second-order valence-electron chi connectivity index (χ2n) is 6.86. The third kappa shape index (κ3) is 5.02. The molecule has 1 fully saturated rings. The van der Waals surface area contributed by atoms with Gasteiger partial charge in [-0.1, -0.05) is 35.3 Å². The lowest BCUT2D eigenvalue weighted by Gasteiger charge is -2.32. The first kappa shape index (κ1) is 19.7. The molecule has 0 radical (unpaired) electrons. The molecule has 0 bridgehead atoms. The van der Waals surface area contributed by atoms with Crippen molar-refractivity contribution < 1.29 is 9.59 Å². The van der Waals surface area contributed by atoms with E-state index in [1.807, 2.05) is 31.2 Å². The summed E-state index contributed by atoms with van der Waals surface area (Å²) in [5.74, 6) is -0.0508. The van der Waals surface area contributed by atoms with Crippen LogP contribution in [0.1, 0.15) is 41.7 Å². The van der Waals surface area contributed by atoms with Crippen LogP contribution in [0.3, 0.4) is 0 Å². The predicted molar refractivity (Wildman–Crippen MR) is 108 cm³/mol. The SMILES string of the molecule is CC(NC(=O)C1CCN(C(=O)c2ccc(Cl)cc2)CC1)c1ccc(Cl)cc1. The van der Waals surface area contributed by atoms with Gasteiger partial charge in [0.05, 0.1) is 6.04 Å². The Morgan fingerprint density at radius 1 is 0.963 bits per heavy atom. The molecule has 2 amide bonds. The van der Waals surface area contributed by atoms with E-state index < -0.39 is 0 Å². The minimum absolute atomic E-state index is 0.0138. The number of piperidine rings is 1. The van der Waals surface area contributed by atoms with Crippen LogP contribution in [0.25, 0.3) is 0 Å². The van der Waals surface area contributed by atoms with Gasteiger partial charge in [0.2, 0.25) is 5.91 Å². The van der Waals surface area contributed by atoms with Gasteiger partial charge in [0, 0.05) is 34.6 Å². The zero-order valence-corrected chi connectivity index (χ0v) is 16.6. The van der Waals surface area contributed by atoms with Gasteiger partial charge < -0.3 is 10.2 Å². The number of amides is 2. The molecule has 3 rings (SSSR count). The lowest BCUT2D eigenvalue weighted by molar-refractivity contribution is -0.126. The Labute approximate surface area is 169 Å². The Bertz CT molecular complexity index is 798. The highest BCUT2D eigenvalue weighted by molar-refractivity contribution is 6.30. The van der Waals surface area contributed by atoms with Crippen molar-refractivity contribution in [2.24, 2.45) is 5.92 Å². The van der Waals surface area contributed by atoms with Gasteiger partial charge in [0.25, 0.3) is 5.91 Å². The number of carbonyl (C=O) groups is 2. The summed E-state index contributed by atoms with van der Waals surface area (Å²) in [6, 6.07) is 14.3. The largest absolute Gasteiger partial charge is 0.349 e. The molecule has 27 heavy (non-hydrogen) atoms. The maximum absolute atomic E-state index is 12.6. The Balaban J connectivity index is 1.52. The fraction of sp³-hybridized carbons (Fsp3) is 0.333. The van der Waals surface area contributed by atoms with E-state index in [0.717, 1.165) is 5.56 Å². The number of nitrogens with zero attached hydrogens (tertiary/aromatic N) is 1. The second kappa shape index (κ2) is 8.77. The van der Waals surface area contributed by atoms with Gasteiger partial charge >= 0.3 is 0 Å². The fourth-order valence-corrected chi connectivity index (χ4v) is 3.54. The van der Waals surface area contributed by atoms with E-state index in [4.69, 9.17) is 23.2 Å². The van der Waals surface area contributed by atoms with Gasteiger partial charge in [-0.2, -0.15) is 0 Å². The molecule has 4 nitrogen and oxygen atoms in total. The summed E-state index contributed by atoms with van der Waals surface area (Å²) in [6.07, 6.45) is 1.33. The number of halogens is 2. The van der Waals surface area contributed by atoms with Gasteiger partial charge in [0.15, 0.2) is 0 Å². The normalized spacial score (nSPS) is 16.0. The van der Waals surface area contributed by atoms with Crippen molar-refractivity contribution in [3.8, 4) is 0 Å². The summed E-state index contributed by atoms with van der Waals surface area (Å²) in [5.41, 5.74) is 1.64. The highest BCUT2D eigenvalue weighted by Crippen LogP contribution is 2.22. The number of carbonyl (C=O) groups excluding carboxylic acids is 2. The molecule has 1 heterocycles. The maximum atomic E-state index is 12.6. The summed E-state index contributed by atoms with van der Waals surface area (Å²) in [7, 11) is 0. The van der Waals surface area contributed by atoms with Crippen molar-refractivity contribution in [1.82, 2.24) is 10.2 Å². The van der Waals surface area contributed by atoms with Gasteiger partial charge in [-0.15, -0.1) is 0 Å². The van der Waals surface area contributed by atoms with Gasteiger partial charge in [-0.3, -0.25) is 9.59 Å². The van der Waals surface area contributed by atoms with E-state index in [1.165, 1.54) is 0 Å². The number of nitrogens with one attached hydrogen (secondary N) is 1. The molecule has 1 N–H and O–H groups in total. The van der Waals surface area contributed by atoms with Crippen LogP contribution in [0.4, 0.5) is 0 Å². The minimum atomic E-state index is -0.0801. The first-order valence-corrected chi connectivity index (χ1v) is 9.80. The summed E-state index contributed by atoms with van der Waals surface area (Å²) in [5, 5.41) is 4.35. The third-order valence-corrected chi connectivity index (χ3v) is 5.48. The summed E-state index contributed by atoms with van der Waals surface area (Å²) < 4.78 is 0. The Morgan fingerprint density at radius 2 is 1.48 bits per heavy atom. The lowest BCUT2D eigenvalue weighted by Crippen LogP contribution is -2.43. The minimum Gasteiger partial charge on any atom is -0.349 e. The van der Waals surface area contributed by atoms with Crippen LogP contribution in [0.2, 0.25) is 10.0 Å². The zero-order valence-electron chi connectivity index (χ0n) is 15.1. The molecular formula is C21H22Cl2N2O2. The number of benzene rings is 2. The van der Waals surface area contributed by atoms with Crippen molar-refractivity contribution in [2.45, 2.75) is 25.8 Å². The molecule has 1 atom stereocenters. The van der Waals surface area contributed by atoms with Crippen LogP contribution in [0, 0.1) is 5.92 Å². The molecule has 2 aromatic rings. The first-order chi connectivity index (χ1) is 12.9. The van der Waals surface area contributed by atoms with E-state index in [1.54, 1.807) is 29.2 Å². The van der Waals surface area contributed by atoms with Crippen molar-refractivity contribution in [3.05, 3.63) is 69.7 Å². The van der Waals surface area contributed by atoms with Gasteiger partial charge in [-0.05, 0) is 61.7 Å². The zero-order chi connectivity index (χ0) is 19.4. The first-order valence-electron chi connectivity index (χ1n) is 9.04. The van der Waals surface area contributed by atoms with E-state index in [9.17, 15) is 9.59 Å². The lowest BCUT2D eigenvalue weighted by atomic mass is 9.94. The standard InChI is InChI=1S/C21H22Cl2N2O2/c1-14(15-2-6-18(22)7-3-15)24-20(26)16-10-12-25(13-11-16)21(27)17-4-8-19(23)9-5-17/h2-9,14,16H,10-13H2,1H3,(H,24,26). The van der Waals surface area contributed by atoms with Crippen LogP contribution in [0.15, 0.2) is 48.5 Å². The third-order valence-electron chi connectivity index (χ3n) is 4.97. The van der Waals surface area contributed by atoms with Gasteiger partial charge in [0.1, 0.15) is 0 Å². The van der Waals surface area contributed by atoms with E-state index in [-0.39, 0.29) is 23.8 Å². The molecule has 0 aliphatic carbocycles. The molecule has 1 aliphatic heterocycles. The maximum Gasteiger partial charge on any atom is 0.253 e. The molecule has 1 aliphatic rings. The molecule has 0 aromatic heterocycles. The fourth-order valence-electron chi connectivity index (χ4n) is 3.29. The molecular weight excluding hydrogens is 383 g/mol. The van der Waals surface area contributed by atoms with Crippen LogP contribution < -0.4 is 5.32 Å². The highest BCUT2D eigenvalue weighted by atomic mass is 35.5. The topological polar surface area (TPSA) is 49.4 Å². The Hall–Kier alpha value is -2.04. The van der Waals surface area contributed by atoms with Gasteiger partial charge in [-0.25, -0.2) is 0 Å². The smallest absolute Gasteiger partial charge is 0.253 e. The summed E-state index contributed by atoms with van der Waals surface area (Å²) in [4.78, 5) is 26.9. The van der Waals surface area contributed by atoms with Crippen molar-refractivity contribution in [1.29, 1.82) is 0 Å². The van der Waals surface area contributed by atoms with E-state index >= 15 is 0 Å². The molecule has 2 aromatic carbocycles. The number of hydrogen-bond acceptors (Lipinski definition) is 2. The van der Waals surface area contributed by atoms with Crippen LogP contribution in [0.5, 0.6) is 0 Å². The molecule has 0 spiro atoms. The Morgan fingerprint density at radius 3 is 2.04 bits per heavy atom. The van der Waals surface area contributed by atoms with Crippen molar-refractivity contribution in [2.75, 3.05) is 13.1 Å². The van der Waals surface area contributed by atoms with Crippen molar-refractivity contribution >= 4 is 35.0 Å². The molecule has 0 saturated carbocycles. The quantitative estimate of drug-likeness (QED) is 0.800. The average Bonchev–Trinajstić information content (AvgIpc) is 2.68. The number of hydrogen-bond donors (Lipinski definition) is 1. The summed E-state index contributed by atoms with van der Waals surface area (Å²) in [6.45, 7) is 3.12. The molecule has 142 valence electrons.